The molecule has 0 fully saturated rings. The van der Waals surface area contributed by atoms with Crippen molar-refractivity contribution in [2.24, 2.45) is 11.7 Å². The Balaban J connectivity index is 1.95. The smallest absolute Gasteiger partial charge is 0.426 e. The highest BCUT2D eigenvalue weighted by Gasteiger charge is 2.35. The SMILES string of the molecule is C[C@@](N)(Cc1ccccc1)C(=O)NC(CC1C=C1)B(O)O. The van der Waals surface area contributed by atoms with E-state index >= 15 is 0 Å². The summed E-state index contributed by atoms with van der Waals surface area (Å²) >= 11 is 0. The predicted molar refractivity (Wildman–Crippen MR) is 82.1 cm³/mol. The van der Waals surface area contributed by atoms with Gasteiger partial charge in [0, 0.05) is 0 Å². The van der Waals surface area contributed by atoms with E-state index in [2.05, 4.69) is 5.32 Å². The van der Waals surface area contributed by atoms with Crippen LogP contribution in [0.1, 0.15) is 18.9 Å². The Hall–Kier alpha value is -1.63. The highest BCUT2D eigenvalue weighted by molar-refractivity contribution is 6.43. The third kappa shape index (κ3) is 4.70. The van der Waals surface area contributed by atoms with E-state index in [1.807, 2.05) is 42.5 Å². The van der Waals surface area contributed by atoms with Gasteiger partial charge in [0.25, 0.3) is 0 Å². The first-order chi connectivity index (χ1) is 9.88. The summed E-state index contributed by atoms with van der Waals surface area (Å²) in [4.78, 5) is 12.3. The minimum atomic E-state index is -1.59. The van der Waals surface area contributed by atoms with Crippen molar-refractivity contribution in [2.75, 3.05) is 0 Å². The lowest BCUT2D eigenvalue weighted by Gasteiger charge is -2.27. The molecule has 1 unspecified atom stereocenters. The van der Waals surface area contributed by atoms with E-state index in [-0.39, 0.29) is 11.8 Å². The summed E-state index contributed by atoms with van der Waals surface area (Å²) in [6.07, 6.45) is 4.76. The monoisotopic (exact) mass is 288 g/mol. The summed E-state index contributed by atoms with van der Waals surface area (Å²) in [5.41, 5.74) is 5.95. The van der Waals surface area contributed by atoms with Crippen LogP contribution in [0, 0.1) is 5.92 Å². The van der Waals surface area contributed by atoms with E-state index in [4.69, 9.17) is 5.73 Å². The molecule has 0 radical (unpaired) electrons. The highest BCUT2D eigenvalue weighted by Crippen LogP contribution is 2.22. The van der Waals surface area contributed by atoms with Crippen molar-refractivity contribution in [1.82, 2.24) is 5.32 Å². The molecule has 0 heterocycles. The Morgan fingerprint density at radius 1 is 1.38 bits per heavy atom. The highest BCUT2D eigenvalue weighted by atomic mass is 16.4. The predicted octanol–water partition coefficient (Wildman–Crippen LogP) is 0.0194. The molecule has 0 bridgehead atoms. The molecule has 1 aliphatic rings. The summed E-state index contributed by atoms with van der Waals surface area (Å²) in [5, 5.41) is 21.4. The maximum atomic E-state index is 12.3. The summed E-state index contributed by atoms with van der Waals surface area (Å²) in [6, 6.07) is 9.50. The van der Waals surface area contributed by atoms with Crippen LogP contribution < -0.4 is 11.1 Å². The van der Waals surface area contributed by atoms with Crippen LogP contribution in [0.25, 0.3) is 0 Å². The Bertz CT molecular complexity index is 511. The molecule has 6 heteroatoms. The Kier molecular flexibility index (Phi) is 4.82. The van der Waals surface area contributed by atoms with E-state index in [1.165, 1.54) is 0 Å². The van der Waals surface area contributed by atoms with Crippen LogP contribution in [0.15, 0.2) is 42.5 Å². The lowest BCUT2D eigenvalue weighted by molar-refractivity contribution is -0.126. The maximum absolute atomic E-state index is 12.3. The standard InChI is InChI=1S/C15H21BN2O3/c1-15(17,10-12-5-3-2-4-6-12)14(19)18-13(16(20)21)9-11-7-8-11/h2-8,11,13,20-21H,9-10,17H2,1H3,(H,18,19)/t13?,15-/m1/s1. The van der Waals surface area contributed by atoms with Crippen molar-refractivity contribution in [1.29, 1.82) is 0 Å². The number of hydrogen-bond donors (Lipinski definition) is 4. The molecule has 21 heavy (non-hydrogen) atoms. The van der Waals surface area contributed by atoms with Gasteiger partial charge in [0.05, 0.1) is 11.5 Å². The number of carbonyl (C=O) groups is 1. The zero-order valence-corrected chi connectivity index (χ0v) is 12.1. The summed E-state index contributed by atoms with van der Waals surface area (Å²) in [7, 11) is -1.59. The van der Waals surface area contributed by atoms with Gasteiger partial charge in [-0.05, 0) is 31.2 Å². The number of amides is 1. The van der Waals surface area contributed by atoms with Crippen LogP contribution in [0.5, 0.6) is 0 Å². The summed E-state index contributed by atoms with van der Waals surface area (Å²) in [5.74, 6) is -0.864. The van der Waals surface area contributed by atoms with E-state index in [1.54, 1.807) is 6.92 Å². The van der Waals surface area contributed by atoms with E-state index in [0.717, 1.165) is 5.56 Å². The van der Waals surface area contributed by atoms with Crippen LogP contribution in [0.2, 0.25) is 0 Å². The van der Waals surface area contributed by atoms with Crippen molar-refractivity contribution < 1.29 is 14.8 Å². The third-order valence-electron chi connectivity index (χ3n) is 3.60. The number of nitrogens with two attached hydrogens (primary N) is 1. The molecule has 0 aromatic heterocycles. The molecule has 5 N–H and O–H groups in total. The number of hydrogen-bond acceptors (Lipinski definition) is 4. The number of benzene rings is 1. The Labute approximate surface area is 125 Å². The zero-order chi connectivity index (χ0) is 15.5. The quantitative estimate of drug-likeness (QED) is 0.420. The molecule has 0 aliphatic heterocycles. The maximum Gasteiger partial charge on any atom is 0.475 e. The van der Waals surface area contributed by atoms with Gasteiger partial charge in [0.1, 0.15) is 0 Å². The molecule has 5 nitrogen and oxygen atoms in total. The molecule has 0 saturated heterocycles. The van der Waals surface area contributed by atoms with Gasteiger partial charge in [-0.1, -0.05) is 42.5 Å². The minimum absolute atomic E-state index is 0.232. The first-order valence-electron chi connectivity index (χ1n) is 7.07. The van der Waals surface area contributed by atoms with E-state index in [9.17, 15) is 14.8 Å². The molecule has 1 aliphatic carbocycles. The summed E-state index contributed by atoms with van der Waals surface area (Å²) < 4.78 is 0. The van der Waals surface area contributed by atoms with Gasteiger partial charge in [0.2, 0.25) is 5.91 Å². The fraction of sp³-hybridized carbons (Fsp3) is 0.400. The van der Waals surface area contributed by atoms with E-state index in [0.29, 0.717) is 12.8 Å². The van der Waals surface area contributed by atoms with Gasteiger partial charge >= 0.3 is 7.12 Å². The third-order valence-corrected chi connectivity index (χ3v) is 3.60. The number of carbonyl (C=O) groups excluding carboxylic acids is 1. The summed E-state index contributed by atoms with van der Waals surface area (Å²) in [6.45, 7) is 1.64. The molecular weight excluding hydrogens is 267 g/mol. The van der Waals surface area contributed by atoms with Crippen LogP contribution in [0.4, 0.5) is 0 Å². The first kappa shape index (κ1) is 15.8. The van der Waals surface area contributed by atoms with Gasteiger partial charge in [-0.15, -0.1) is 0 Å². The topological polar surface area (TPSA) is 95.6 Å². The van der Waals surface area contributed by atoms with Crippen LogP contribution in [0.3, 0.4) is 0 Å². The lowest BCUT2D eigenvalue weighted by atomic mass is 9.75. The lowest BCUT2D eigenvalue weighted by Crippen LogP contribution is -2.58. The minimum Gasteiger partial charge on any atom is -0.426 e. The largest absolute Gasteiger partial charge is 0.475 e. The van der Waals surface area contributed by atoms with Gasteiger partial charge in [-0.3, -0.25) is 4.79 Å². The average Bonchev–Trinajstić information content (AvgIpc) is 3.22. The van der Waals surface area contributed by atoms with Crippen LogP contribution >= 0.6 is 0 Å². The van der Waals surface area contributed by atoms with Crippen LogP contribution in [-0.2, 0) is 11.2 Å². The van der Waals surface area contributed by atoms with E-state index < -0.39 is 18.6 Å². The van der Waals surface area contributed by atoms with Crippen molar-refractivity contribution in [3.8, 4) is 0 Å². The Morgan fingerprint density at radius 3 is 2.52 bits per heavy atom. The van der Waals surface area contributed by atoms with Gasteiger partial charge in [0.15, 0.2) is 0 Å². The van der Waals surface area contributed by atoms with Crippen molar-refractivity contribution in [2.45, 2.75) is 31.2 Å². The van der Waals surface area contributed by atoms with Gasteiger partial charge in [-0.2, -0.15) is 0 Å². The second-order valence-corrected chi connectivity index (χ2v) is 5.86. The fourth-order valence-corrected chi connectivity index (χ4v) is 2.22. The second-order valence-electron chi connectivity index (χ2n) is 5.86. The zero-order valence-electron chi connectivity index (χ0n) is 12.1. The average molecular weight is 288 g/mol. The molecule has 2 atom stereocenters. The molecular formula is C15H21BN2O3. The Morgan fingerprint density at radius 2 is 2.00 bits per heavy atom. The van der Waals surface area contributed by atoms with Crippen molar-refractivity contribution in [3.05, 3.63) is 48.0 Å². The number of rotatable bonds is 7. The normalized spacial score (nSPS) is 17.9. The van der Waals surface area contributed by atoms with Crippen molar-refractivity contribution in [3.63, 3.8) is 0 Å². The molecule has 0 saturated carbocycles. The number of allylic oxidation sites excluding steroid dienone is 2. The first-order valence-corrected chi connectivity index (χ1v) is 7.07. The number of nitrogens with one attached hydrogen (secondary N) is 1. The molecule has 0 spiro atoms. The molecule has 2 rings (SSSR count). The molecule has 112 valence electrons. The molecule has 1 aromatic carbocycles. The molecule has 1 amide bonds. The van der Waals surface area contributed by atoms with Gasteiger partial charge < -0.3 is 21.1 Å². The second kappa shape index (κ2) is 6.43. The van der Waals surface area contributed by atoms with Gasteiger partial charge in [-0.25, -0.2) is 0 Å². The van der Waals surface area contributed by atoms with Crippen LogP contribution in [-0.4, -0.2) is 34.6 Å². The molecule has 1 aromatic rings. The fourth-order valence-electron chi connectivity index (χ4n) is 2.22. The van der Waals surface area contributed by atoms with Crippen molar-refractivity contribution >= 4 is 13.0 Å².